The largest absolute Gasteiger partial charge is 0.309 e. The number of benzene rings is 10. The molecular weight excluding hydrogens is 677 g/mol. The lowest BCUT2D eigenvalue weighted by molar-refractivity contribution is 1.18. The molecule has 10 aromatic carbocycles. The maximum atomic E-state index is 2.45. The highest BCUT2D eigenvalue weighted by Crippen LogP contribution is 2.41. The van der Waals surface area contributed by atoms with Crippen LogP contribution in [0.5, 0.6) is 0 Å². The lowest BCUT2D eigenvalue weighted by Crippen LogP contribution is -1.94. The molecule has 0 amide bonds. The molecule has 0 atom stereocenters. The van der Waals surface area contributed by atoms with Crippen molar-refractivity contribution < 1.29 is 0 Å². The van der Waals surface area contributed by atoms with Gasteiger partial charge in [0.25, 0.3) is 0 Å². The molecule has 0 aliphatic heterocycles. The van der Waals surface area contributed by atoms with Crippen molar-refractivity contribution in [2.75, 3.05) is 0 Å². The molecule has 0 aliphatic rings. The highest BCUT2D eigenvalue weighted by molar-refractivity contribution is 6.26. The van der Waals surface area contributed by atoms with E-state index in [4.69, 9.17) is 0 Å². The summed E-state index contributed by atoms with van der Waals surface area (Å²) in [5, 5.41) is 12.7. The number of aromatic nitrogens is 2. The molecule has 0 spiro atoms. The molecular formula is C54H34N2. The molecule has 260 valence electrons. The maximum absolute atomic E-state index is 2.45. The molecule has 2 nitrogen and oxygen atoms in total. The number of rotatable bonds is 4. The Kier molecular flexibility index (Phi) is 6.66. The predicted molar refractivity (Wildman–Crippen MR) is 239 cm³/mol. The second kappa shape index (κ2) is 12.0. The summed E-state index contributed by atoms with van der Waals surface area (Å²) in [6.45, 7) is 0. The Morgan fingerprint density at radius 1 is 0.196 bits per heavy atom. The summed E-state index contributed by atoms with van der Waals surface area (Å²) in [6.07, 6.45) is 0. The first-order chi connectivity index (χ1) is 27.8. The van der Waals surface area contributed by atoms with Crippen molar-refractivity contribution in [3.63, 3.8) is 0 Å². The average molecular weight is 711 g/mol. The first-order valence-electron chi connectivity index (χ1n) is 19.3. The number of hydrogen-bond acceptors (Lipinski definition) is 0. The van der Waals surface area contributed by atoms with Crippen LogP contribution in [0.25, 0.3) is 110 Å². The molecule has 2 aromatic heterocycles. The van der Waals surface area contributed by atoms with Crippen LogP contribution < -0.4 is 0 Å². The summed E-state index contributed by atoms with van der Waals surface area (Å²) in [7, 11) is 0. The van der Waals surface area contributed by atoms with E-state index in [0.717, 1.165) is 5.69 Å². The summed E-state index contributed by atoms with van der Waals surface area (Å²) in [6, 6.07) is 75.8. The third-order valence-corrected chi connectivity index (χ3v) is 11.9. The normalized spacial score (nSPS) is 11.9. The standard InChI is InChI=1S/C54H34N2/c1-3-13-35(14-4-1)36-23-27-43-41-17-7-8-18-42(41)48-34-40(26-28-44(48)47(43)31-36)56-52-22-12-10-20-46(52)50-33-38(25-30-54(50)56)37-24-29-53-49(32-37)45-19-9-11-21-51(45)55(53)39-15-5-2-6-16-39/h1-34H. The lowest BCUT2D eigenvalue weighted by atomic mass is 9.92. The first kappa shape index (κ1) is 31.0. The maximum Gasteiger partial charge on any atom is 0.0541 e. The Hall–Kier alpha value is -7.42. The van der Waals surface area contributed by atoms with Gasteiger partial charge in [-0.1, -0.05) is 140 Å². The highest BCUT2D eigenvalue weighted by atomic mass is 15.0. The van der Waals surface area contributed by atoms with Gasteiger partial charge in [-0.05, 0) is 121 Å². The Labute approximate surface area is 323 Å². The van der Waals surface area contributed by atoms with Gasteiger partial charge in [-0.15, -0.1) is 0 Å². The molecule has 2 heteroatoms. The van der Waals surface area contributed by atoms with Crippen molar-refractivity contribution in [3.8, 4) is 33.6 Å². The Bertz CT molecular complexity index is 3510. The second-order valence-electron chi connectivity index (χ2n) is 14.9. The quantitative estimate of drug-likeness (QED) is 0.161. The number of para-hydroxylation sites is 3. The van der Waals surface area contributed by atoms with Crippen LogP contribution in [-0.4, -0.2) is 9.13 Å². The van der Waals surface area contributed by atoms with Crippen LogP contribution in [0.3, 0.4) is 0 Å². The molecule has 0 bridgehead atoms. The van der Waals surface area contributed by atoms with Crippen LogP contribution in [-0.2, 0) is 0 Å². The zero-order valence-electron chi connectivity index (χ0n) is 30.5. The molecule has 0 saturated heterocycles. The van der Waals surface area contributed by atoms with Crippen LogP contribution in [0.2, 0.25) is 0 Å². The van der Waals surface area contributed by atoms with Gasteiger partial charge in [-0.25, -0.2) is 0 Å². The number of hydrogen-bond donors (Lipinski definition) is 0. The van der Waals surface area contributed by atoms with Gasteiger partial charge in [-0.2, -0.15) is 0 Å². The molecule has 0 radical (unpaired) electrons. The van der Waals surface area contributed by atoms with Crippen LogP contribution in [0.4, 0.5) is 0 Å². The van der Waals surface area contributed by atoms with E-state index >= 15 is 0 Å². The summed E-state index contributed by atoms with van der Waals surface area (Å²) >= 11 is 0. The zero-order valence-corrected chi connectivity index (χ0v) is 30.5. The van der Waals surface area contributed by atoms with Crippen molar-refractivity contribution in [1.29, 1.82) is 0 Å². The van der Waals surface area contributed by atoms with Gasteiger partial charge in [-0.3, -0.25) is 0 Å². The molecule has 56 heavy (non-hydrogen) atoms. The van der Waals surface area contributed by atoms with Crippen LogP contribution in [0, 0.1) is 0 Å². The Morgan fingerprint density at radius 2 is 0.589 bits per heavy atom. The van der Waals surface area contributed by atoms with Gasteiger partial charge < -0.3 is 9.13 Å². The SMILES string of the molecule is c1ccc(-c2ccc3c4ccccc4c4cc(-n5c6ccccc6c6cc(-c7ccc8c(c7)c7ccccc7n8-c7ccccc7)ccc65)ccc4c3c2)cc1. The van der Waals surface area contributed by atoms with Gasteiger partial charge in [0, 0.05) is 32.9 Å². The summed E-state index contributed by atoms with van der Waals surface area (Å²) in [4.78, 5) is 0. The minimum atomic E-state index is 1.16. The highest BCUT2D eigenvalue weighted by Gasteiger charge is 2.17. The monoisotopic (exact) mass is 710 g/mol. The Morgan fingerprint density at radius 3 is 1.23 bits per heavy atom. The average Bonchev–Trinajstić information content (AvgIpc) is 3.79. The number of nitrogens with zero attached hydrogens (tertiary/aromatic N) is 2. The minimum Gasteiger partial charge on any atom is -0.309 e. The van der Waals surface area contributed by atoms with Gasteiger partial charge in [0.15, 0.2) is 0 Å². The van der Waals surface area contributed by atoms with Crippen molar-refractivity contribution in [3.05, 3.63) is 206 Å². The first-order valence-corrected chi connectivity index (χ1v) is 19.3. The van der Waals surface area contributed by atoms with Crippen LogP contribution in [0.15, 0.2) is 206 Å². The molecule has 12 aromatic rings. The van der Waals surface area contributed by atoms with Crippen LogP contribution >= 0.6 is 0 Å². The van der Waals surface area contributed by atoms with Crippen molar-refractivity contribution in [2.24, 2.45) is 0 Å². The van der Waals surface area contributed by atoms with E-state index in [0.29, 0.717) is 0 Å². The van der Waals surface area contributed by atoms with E-state index in [-0.39, 0.29) is 0 Å². The fraction of sp³-hybridized carbons (Fsp3) is 0. The van der Waals surface area contributed by atoms with Crippen molar-refractivity contribution in [2.45, 2.75) is 0 Å². The summed E-state index contributed by atoms with van der Waals surface area (Å²) in [5.41, 5.74) is 12.1. The van der Waals surface area contributed by atoms with Gasteiger partial charge >= 0.3 is 0 Å². The third-order valence-electron chi connectivity index (χ3n) is 11.9. The fourth-order valence-electron chi connectivity index (χ4n) is 9.33. The van der Waals surface area contributed by atoms with Crippen LogP contribution in [0.1, 0.15) is 0 Å². The lowest BCUT2D eigenvalue weighted by Gasteiger charge is -2.15. The second-order valence-corrected chi connectivity index (χ2v) is 14.9. The van der Waals surface area contributed by atoms with E-state index in [1.165, 1.54) is 104 Å². The summed E-state index contributed by atoms with van der Waals surface area (Å²) in [5.74, 6) is 0. The molecule has 0 fully saturated rings. The molecule has 2 heterocycles. The van der Waals surface area contributed by atoms with E-state index < -0.39 is 0 Å². The smallest absolute Gasteiger partial charge is 0.0541 e. The third kappa shape index (κ3) is 4.57. The topological polar surface area (TPSA) is 9.86 Å². The predicted octanol–water partition coefficient (Wildman–Crippen LogP) is 14.7. The molecule has 0 saturated carbocycles. The minimum absolute atomic E-state index is 1.16. The van der Waals surface area contributed by atoms with E-state index in [1.54, 1.807) is 0 Å². The van der Waals surface area contributed by atoms with Gasteiger partial charge in [0.05, 0.1) is 22.1 Å². The van der Waals surface area contributed by atoms with Crippen molar-refractivity contribution >= 4 is 75.9 Å². The van der Waals surface area contributed by atoms with Crippen molar-refractivity contribution in [1.82, 2.24) is 9.13 Å². The molecule has 12 rings (SSSR count). The summed E-state index contributed by atoms with van der Waals surface area (Å²) < 4.78 is 4.83. The van der Waals surface area contributed by atoms with E-state index in [1.807, 2.05) is 0 Å². The fourth-order valence-corrected chi connectivity index (χ4v) is 9.33. The van der Waals surface area contributed by atoms with E-state index in [9.17, 15) is 0 Å². The Balaban J connectivity index is 1.05. The zero-order chi connectivity index (χ0) is 36.7. The molecule has 0 aliphatic carbocycles. The van der Waals surface area contributed by atoms with Gasteiger partial charge in [0.1, 0.15) is 0 Å². The van der Waals surface area contributed by atoms with Gasteiger partial charge in [0.2, 0.25) is 0 Å². The molecule has 0 N–H and O–H groups in total. The van der Waals surface area contributed by atoms with E-state index in [2.05, 4.69) is 215 Å². The molecule has 0 unspecified atom stereocenters. The number of fused-ring (bicyclic) bond motifs is 12.